The highest BCUT2D eigenvalue weighted by molar-refractivity contribution is 9.10. The summed E-state index contributed by atoms with van der Waals surface area (Å²) in [4.78, 5) is 0. The van der Waals surface area contributed by atoms with Crippen LogP contribution < -0.4 is 4.74 Å². The highest BCUT2D eigenvalue weighted by atomic mass is 79.9. The Kier molecular flexibility index (Phi) is 6.98. The molecule has 3 aromatic rings. The Morgan fingerprint density at radius 1 is 0.966 bits per heavy atom. The van der Waals surface area contributed by atoms with Crippen LogP contribution in [0.1, 0.15) is 18.1 Å². The molecular weight excluding hydrogens is 445 g/mol. The Balaban J connectivity index is 1.68. The summed E-state index contributed by atoms with van der Waals surface area (Å²) in [6.07, 6.45) is -2.60. The highest BCUT2D eigenvalue weighted by Crippen LogP contribution is 2.33. The summed E-state index contributed by atoms with van der Waals surface area (Å²) >= 11 is 3.31. The molecule has 0 saturated carbocycles. The van der Waals surface area contributed by atoms with Crippen molar-refractivity contribution in [2.45, 2.75) is 25.4 Å². The van der Waals surface area contributed by atoms with Gasteiger partial charge in [-0.1, -0.05) is 52.3 Å². The summed E-state index contributed by atoms with van der Waals surface area (Å²) in [7, 11) is 0. The molecule has 2 nitrogen and oxygen atoms in total. The van der Waals surface area contributed by atoms with E-state index in [9.17, 15) is 13.2 Å². The third-order valence-electron chi connectivity index (χ3n) is 4.62. The summed E-state index contributed by atoms with van der Waals surface area (Å²) < 4.78 is 53.6. The molecule has 3 aromatic carbocycles. The van der Waals surface area contributed by atoms with Crippen molar-refractivity contribution >= 4 is 15.9 Å². The first-order valence-electron chi connectivity index (χ1n) is 9.02. The van der Waals surface area contributed by atoms with Crippen molar-refractivity contribution in [2.75, 3.05) is 6.61 Å². The van der Waals surface area contributed by atoms with E-state index < -0.39 is 17.7 Å². The minimum absolute atomic E-state index is 0.0573. The van der Waals surface area contributed by atoms with Gasteiger partial charge in [-0.05, 0) is 54.4 Å². The Bertz CT molecular complexity index is 933. The van der Waals surface area contributed by atoms with Gasteiger partial charge in [0, 0.05) is 4.47 Å². The first-order valence-corrected chi connectivity index (χ1v) is 9.81. The highest BCUT2D eigenvalue weighted by Gasteiger charge is 2.37. The van der Waals surface area contributed by atoms with Gasteiger partial charge in [0.05, 0.1) is 18.6 Å². The molecule has 29 heavy (non-hydrogen) atoms. The van der Waals surface area contributed by atoms with Crippen molar-refractivity contribution in [2.24, 2.45) is 0 Å². The van der Waals surface area contributed by atoms with Crippen LogP contribution in [0.25, 0.3) is 0 Å². The van der Waals surface area contributed by atoms with E-state index >= 15 is 0 Å². The zero-order valence-electron chi connectivity index (χ0n) is 15.7. The molecule has 0 aliphatic carbocycles. The number of ether oxygens (including phenoxy) is 2. The van der Waals surface area contributed by atoms with Gasteiger partial charge in [0.25, 0.3) is 0 Å². The molecule has 3 rings (SSSR count). The quantitative estimate of drug-likeness (QED) is 0.353. The van der Waals surface area contributed by atoms with Crippen LogP contribution in [0.15, 0.2) is 77.3 Å². The molecule has 0 fully saturated rings. The number of alkyl halides is 2. The van der Waals surface area contributed by atoms with E-state index in [1.165, 1.54) is 19.1 Å². The van der Waals surface area contributed by atoms with Gasteiger partial charge >= 0.3 is 0 Å². The molecule has 0 radical (unpaired) electrons. The lowest BCUT2D eigenvalue weighted by Crippen LogP contribution is -2.36. The molecule has 0 aliphatic rings. The lowest BCUT2D eigenvalue weighted by molar-refractivity contribution is -0.0128. The molecule has 0 aliphatic heterocycles. The SMILES string of the molecule is CC(COCc1ccc(F)c(Oc2ccccc2)c1)(c1ccc(Br)cc1)C(F)F. The topological polar surface area (TPSA) is 18.5 Å². The van der Waals surface area contributed by atoms with Crippen LogP contribution in [0.5, 0.6) is 11.5 Å². The predicted octanol–water partition coefficient (Wildman–Crippen LogP) is 7.12. The van der Waals surface area contributed by atoms with E-state index in [2.05, 4.69) is 15.9 Å². The van der Waals surface area contributed by atoms with Crippen molar-refractivity contribution < 1.29 is 22.6 Å². The van der Waals surface area contributed by atoms with Crippen LogP contribution in [0, 0.1) is 5.82 Å². The fraction of sp³-hybridized carbons (Fsp3) is 0.217. The Hall–Kier alpha value is -2.31. The molecule has 1 unspecified atom stereocenters. The van der Waals surface area contributed by atoms with Crippen LogP contribution in [0.4, 0.5) is 13.2 Å². The van der Waals surface area contributed by atoms with Crippen molar-refractivity contribution in [1.82, 2.24) is 0 Å². The standard InChI is InChI=1S/C23H20BrF3O2/c1-23(22(26)27,17-8-10-18(24)11-9-17)15-28-14-16-7-12-20(25)21(13-16)29-19-5-3-2-4-6-19/h2-13,22H,14-15H2,1H3. The lowest BCUT2D eigenvalue weighted by Gasteiger charge is -2.29. The van der Waals surface area contributed by atoms with Gasteiger partial charge in [0.1, 0.15) is 5.75 Å². The number of benzene rings is 3. The number of halogens is 4. The number of rotatable bonds is 8. The van der Waals surface area contributed by atoms with E-state index in [0.29, 0.717) is 16.9 Å². The Labute approximate surface area is 176 Å². The van der Waals surface area contributed by atoms with Gasteiger partial charge < -0.3 is 9.47 Å². The second kappa shape index (κ2) is 9.46. The van der Waals surface area contributed by atoms with Crippen LogP contribution in [-0.4, -0.2) is 13.0 Å². The Morgan fingerprint density at radius 2 is 1.66 bits per heavy atom. The van der Waals surface area contributed by atoms with Crippen molar-refractivity contribution in [3.8, 4) is 11.5 Å². The second-order valence-corrected chi connectivity index (χ2v) is 7.81. The third kappa shape index (κ3) is 5.40. The minimum atomic E-state index is -2.60. The van der Waals surface area contributed by atoms with Crippen molar-refractivity contribution in [3.63, 3.8) is 0 Å². The molecule has 152 valence electrons. The van der Waals surface area contributed by atoms with Gasteiger partial charge in [-0.2, -0.15) is 0 Å². The average molecular weight is 465 g/mol. The summed E-state index contributed by atoms with van der Waals surface area (Å²) in [6.45, 7) is 1.35. The summed E-state index contributed by atoms with van der Waals surface area (Å²) in [5.74, 6) is 0.0525. The zero-order valence-corrected chi connectivity index (χ0v) is 17.3. The average Bonchev–Trinajstić information content (AvgIpc) is 2.71. The zero-order chi connectivity index (χ0) is 20.9. The monoisotopic (exact) mass is 464 g/mol. The molecule has 1 atom stereocenters. The van der Waals surface area contributed by atoms with E-state index in [1.807, 2.05) is 6.07 Å². The van der Waals surface area contributed by atoms with Crippen LogP contribution >= 0.6 is 15.9 Å². The summed E-state index contributed by atoms with van der Waals surface area (Å²) in [5, 5.41) is 0. The minimum Gasteiger partial charge on any atom is -0.454 e. The van der Waals surface area contributed by atoms with Crippen LogP contribution in [-0.2, 0) is 16.8 Å². The predicted molar refractivity (Wildman–Crippen MR) is 110 cm³/mol. The van der Waals surface area contributed by atoms with Gasteiger partial charge in [0.15, 0.2) is 11.6 Å². The van der Waals surface area contributed by atoms with Gasteiger partial charge in [-0.3, -0.25) is 0 Å². The fourth-order valence-electron chi connectivity index (χ4n) is 2.82. The van der Waals surface area contributed by atoms with E-state index in [-0.39, 0.29) is 19.0 Å². The van der Waals surface area contributed by atoms with E-state index in [4.69, 9.17) is 9.47 Å². The van der Waals surface area contributed by atoms with Crippen molar-refractivity contribution in [1.29, 1.82) is 0 Å². The van der Waals surface area contributed by atoms with Gasteiger partial charge in [-0.25, -0.2) is 13.2 Å². The molecule has 0 amide bonds. The maximum atomic E-state index is 14.1. The normalized spacial score (nSPS) is 13.3. The molecule has 0 bridgehead atoms. The molecule has 0 heterocycles. The number of para-hydroxylation sites is 1. The maximum absolute atomic E-state index is 14.1. The molecule has 0 N–H and O–H groups in total. The first kappa shape index (κ1) is 21.4. The lowest BCUT2D eigenvalue weighted by atomic mass is 9.84. The van der Waals surface area contributed by atoms with E-state index in [1.54, 1.807) is 54.6 Å². The molecular formula is C23H20BrF3O2. The first-order chi connectivity index (χ1) is 13.9. The fourth-order valence-corrected chi connectivity index (χ4v) is 3.08. The van der Waals surface area contributed by atoms with Gasteiger partial charge in [-0.15, -0.1) is 0 Å². The van der Waals surface area contributed by atoms with Crippen LogP contribution in [0.3, 0.4) is 0 Å². The molecule has 0 spiro atoms. The third-order valence-corrected chi connectivity index (χ3v) is 5.15. The van der Waals surface area contributed by atoms with Crippen molar-refractivity contribution in [3.05, 3.63) is 94.2 Å². The largest absolute Gasteiger partial charge is 0.454 e. The Morgan fingerprint density at radius 3 is 2.31 bits per heavy atom. The number of hydrogen-bond acceptors (Lipinski definition) is 2. The van der Waals surface area contributed by atoms with Crippen LogP contribution in [0.2, 0.25) is 0 Å². The number of hydrogen-bond donors (Lipinski definition) is 0. The summed E-state index contributed by atoms with van der Waals surface area (Å²) in [6, 6.07) is 19.9. The van der Waals surface area contributed by atoms with Gasteiger partial charge in [0.2, 0.25) is 6.43 Å². The molecule has 0 saturated heterocycles. The molecule has 6 heteroatoms. The second-order valence-electron chi connectivity index (χ2n) is 6.90. The molecule has 0 aromatic heterocycles. The van der Waals surface area contributed by atoms with E-state index in [0.717, 1.165) is 4.47 Å². The maximum Gasteiger partial charge on any atom is 0.250 e. The summed E-state index contributed by atoms with van der Waals surface area (Å²) in [5.41, 5.74) is -0.336. The smallest absolute Gasteiger partial charge is 0.250 e.